The monoisotopic (exact) mass is 270 g/mol. The first-order valence-electron chi connectivity index (χ1n) is 8.52. The first-order valence-corrected chi connectivity index (χ1v) is 8.52. The molecule has 4 atom stereocenters. The molecule has 108 valence electrons. The molecule has 0 aromatic carbocycles. The normalized spacial score (nSPS) is 43.8. The second-order valence-corrected chi connectivity index (χ2v) is 7.85. The van der Waals surface area contributed by atoms with Gasteiger partial charge in [0, 0.05) is 6.42 Å². The zero-order valence-corrected chi connectivity index (χ0v) is 12.9. The fourth-order valence-electron chi connectivity index (χ4n) is 5.97. The molecular formula is C19H26O. The molecule has 0 N–H and O–H groups in total. The molecule has 0 aromatic rings. The van der Waals surface area contributed by atoms with Crippen molar-refractivity contribution in [1.29, 1.82) is 0 Å². The molecule has 4 rings (SSSR count). The lowest BCUT2D eigenvalue weighted by Crippen LogP contribution is -2.45. The second-order valence-electron chi connectivity index (χ2n) is 7.85. The van der Waals surface area contributed by atoms with E-state index in [0.29, 0.717) is 11.2 Å². The first kappa shape index (κ1) is 12.9. The number of hydrogen-bond donors (Lipinski definition) is 0. The van der Waals surface area contributed by atoms with E-state index in [0.717, 1.165) is 30.6 Å². The Hall–Kier alpha value is -0.850. The summed E-state index contributed by atoms with van der Waals surface area (Å²) in [5.41, 5.74) is 5.38. The van der Waals surface area contributed by atoms with Crippen LogP contribution in [0.4, 0.5) is 0 Å². The van der Waals surface area contributed by atoms with Crippen LogP contribution in [0.3, 0.4) is 0 Å². The summed E-state index contributed by atoms with van der Waals surface area (Å²) in [6.45, 7) is 4.84. The predicted octanol–water partition coefficient (Wildman–Crippen LogP) is 4.83. The molecule has 0 spiro atoms. The van der Waals surface area contributed by atoms with Crippen molar-refractivity contribution in [2.24, 2.45) is 23.2 Å². The van der Waals surface area contributed by atoms with Crippen molar-refractivity contribution in [1.82, 2.24) is 0 Å². The van der Waals surface area contributed by atoms with Crippen LogP contribution in [0.2, 0.25) is 0 Å². The van der Waals surface area contributed by atoms with Crippen molar-refractivity contribution < 1.29 is 4.79 Å². The lowest BCUT2D eigenvalue weighted by Gasteiger charge is -2.54. The van der Waals surface area contributed by atoms with Crippen LogP contribution >= 0.6 is 0 Å². The summed E-state index contributed by atoms with van der Waals surface area (Å²) in [5, 5.41) is 0. The molecular weight excluding hydrogens is 244 g/mol. The Labute approximate surface area is 122 Å². The lowest BCUT2D eigenvalue weighted by atomic mass is 9.50. The molecule has 0 heterocycles. The molecule has 4 aliphatic carbocycles. The van der Waals surface area contributed by atoms with Crippen LogP contribution in [-0.4, -0.2) is 5.78 Å². The fraction of sp³-hybridized carbons (Fsp3) is 0.737. The maximum atomic E-state index is 11.8. The highest BCUT2D eigenvalue weighted by molar-refractivity contribution is 5.91. The van der Waals surface area contributed by atoms with E-state index in [1.54, 1.807) is 5.57 Å². The molecule has 2 fully saturated rings. The molecule has 2 saturated carbocycles. The Morgan fingerprint density at radius 1 is 1.10 bits per heavy atom. The average molecular weight is 270 g/mol. The van der Waals surface area contributed by atoms with E-state index in [-0.39, 0.29) is 0 Å². The number of rotatable bonds is 0. The standard InChI is InChI=1S/C19H26O/c1-12-3-5-16-15(12)7-8-18-17(16)6-4-13-11-14(20)9-10-19(13,18)2/h11,16-18H,3-10H2,1-2H3/t16-,17-,18-,19+/m1/s1. The molecule has 0 radical (unpaired) electrons. The van der Waals surface area contributed by atoms with E-state index in [1.807, 2.05) is 11.6 Å². The van der Waals surface area contributed by atoms with Crippen molar-refractivity contribution >= 4 is 5.78 Å². The molecule has 0 bridgehead atoms. The van der Waals surface area contributed by atoms with Gasteiger partial charge in [-0.05, 0) is 81.1 Å². The third kappa shape index (κ3) is 1.64. The van der Waals surface area contributed by atoms with Gasteiger partial charge in [-0.2, -0.15) is 0 Å². The minimum Gasteiger partial charge on any atom is -0.295 e. The summed E-state index contributed by atoms with van der Waals surface area (Å²) in [6.07, 6.45) is 11.9. The van der Waals surface area contributed by atoms with Gasteiger partial charge in [0.25, 0.3) is 0 Å². The molecule has 1 heteroatoms. The van der Waals surface area contributed by atoms with Gasteiger partial charge in [-0.3, -0.25) is 4.79 Å². The van der Waals surface area contributed by atoms with Crippen LogP contribution in [0.15, 0.2) is 22.8 Å². The van der Waals surface area contributed by atoms with E-state index in [2.05, 4.69) is 13.8 Å². The van der Waals surface area contributed by atoms with Gasteiger partial charge in [0.2, 0.25) is 0 Å². The lowest BCUT2D eigenvalue weighted by molar-refractivity contribution is -0.116. The van der Waals surface area contributed by atoms with Crippen LogP contribution in [0, 0.1) is 23.2 Å². The van der Waals surface area contributed by atoms with Gasteiger partial charge in [-0.25, -0.2) is 0 Å². The smallest absolute Gasteiger partial charge is 0.155 e. The van der Waals surface area contributed by atoms with Gasteiger partial charge in [-0.15, -0.1) is 0 Å². The third-order valence-electron chi connectivity index (χ3n) is 7.11. The van der Waals surface area contributed by atoms with Gasteiger partial charge in [0.1, 0.15) is 0 Å². The van der Waals surface area contributed by atoms with Crippen molar-refractivity contribution in [3.05, 3.63) is 22.8 Å². The van der Waals surface area contributed by atoms with E-state index < -0.39 is 0 Å². The van der Waals surface area contributed by atoms with Gasteiger partial charge < -0.3 is 0 Å². The maximum Gasteiger partial charge on any atom is 0.155 e. The number of carbonyl (C=O) groups is 1. The van der Waals surface area contributed by atoms with E-state index in [4.69, 9.17) is 0 Å². The van der Waals surface area contributed by atoms with Crippen LogP contribution in [0.25, 0.3) is 0 Å². The van der Waals surface area contributed by atoms with Crippen LogP contribution in [0.5, 0.6) is 0 Å². The predicted molar refractivity (Wildman–Crippen MR) is 81.3 cm³/mol. The van der Waals surface area contributed by atoms with Gasteiger partial charge in [0.15, 0.2) is 5.78 Å². The van der Waals surface area contributed by atoms with Crippen LogP contribution in [0.1, 0.15) is 65.2 Å². The number of ketones is 1. The molecule has 0 unspecified atom stereocenters. The van der Waals surface area contributed by atoms with Crippen molar-refractivity contribution in [3.63, 3.8) is 0 Å². The average Bonchev–Trinajstić information content (AvgIpc) is 2.82. The summed E-state index contributed by atoms with van der Waals surface area (Å²) in [4.78, 5) is 11.8. The van der Waals surface area contributed by atoms with E-state index >= 15 is 0 Å². The number of carbonyl (C=O) groups excluding carboxylic acids is 1. The van der Waals surface area contributed by atoms with E-state index in [1.165, 1.54) is 44.1 Å². The highest BCUT2D eigenvalue weighted by Gasteiger charge is 2.51. The molecule has 1 nitrogen and oxygen atoms in total. The topological polar surface area (TPSA) is 17.1 Å². The zero-order valence-electron chi connectivity index (χ0n) is 12.9. The molecule has 0 saturated heterocycles. The number of allylic oxidation sites excluding steroid dienone is 4. The summed E-state index contributed by atoms with van der Waals surface area (Å²) < 4.78 is 0. The van der Waals surface area contributed by atoms with Crippen molar-refractivity contribution in [2.75, 3.05) is 0 Å². The Kier molecular flexibility index (Phi) is 2.78. The zero-order chi connectivity index (χ0) is 13.9. The van der Waals surface area contributed by atoms with Crippen molar-refractivity contribution in [2.45, 2.75) is 65.2 Å². The van der Waals surface area contributed by atoms with Gasteiger partial charge in [0.05, 0.1) is 0 Å². The molecule has 20 heavy (non-hydrogen) atoms. The third-order valence-corrected chi connectivity index (χ3v) is 7.11. The minimum atomic E-state index is 0.346. The van der Waals surface area contributed by atoms with Gasteiger partial charge >= 0.3 is 0 Å². The highest BCUT2D eigenvalue weighted by atomic mass is 16.1. The van der Waals surface area contributed by atoms with Crippen molar-refractivity contribution in [3.8, 4) is 0 Å². The number of hydrogen-bond acceptors (Lipinski definition) is 1. The Morgan fingerprint density at radius 3 is 2.80 bits per heavy atom. The molecule has 0 aliphatic heterocycles. The Bertz CT molecular complexity index is 524. The Morgan fingerprint density at radius 2 is 1.95 bits per heavy atom. The molecule has 0 amide bonds. The summed E-state index contributed by atoms with van der Waals surface area (Å²) in [6, 6.07) is 0. The SMILES string of the molecule is CC1=C2CC[C@@H]3[C@H](CCC4=CC(=O)CC[C@@]43C)[C@@H]2CC1. The molecule has 0 aromatic heterocycles. The van der Waals surface area contributed by atoms with Gasteiger partial charge in [-0.1, -0.05) is 23.6 Å². The largest absolute Gasteiger partial charge is 0.295 e. The maximum absolute atomic E-state index is 11.8. The Balaban J connectivity index is 1.70. The minimum absolute atomic E-state index is 0.346. The van der Waals surface area contributed by atoms with E-state index in [9.17, 15) is 4.79 Å². The summed E-state index contributed by atoms with van der Waals surface area (Å²) in [7, 11) is 0. The highest BCUT2D eigenvalue weighted by Crippen LogP contribution is 2.61. The molecule has 4 aliphatic rings. The first-order chi connectivity index (χ1) is 9.59. The quantitative estimate of drug-likeness (QED) is 0.576. The second kappa shape index (κ2) is 4.32. The van der Waals surface area contributed by atoms with Crippen LogP contribution in [-0.2, 0) is 4.79 Å². The summed E-state index contributed by atoms with van der Waals surface area (Å²) in [5.74, 6) is 3.02. The fourth-order valence-corrected chi connectivity index (χ4v) is 5.97. The van der Waals surface area contributed by atoms with Crippen LogP contribution < -0.4 is 0 Å². The number of fused-ring (bicyclic) bond motifs is 5. The summed E-state index contributed by atoms with van der Waals surface area (Å²) >= 11 is 0.